The zero-order valence-electron chi connectivity index (χ0n) is 9.59. The summed E-state index contributed by atoms with van der Waals surface area (Å²) in [7, 11) is 0. The van der Waals surface area contributed by atoms with E-state index in [-0.39, 0.29) is 13.2 Å². The molecule has 0 aliphatic carbocycles. The SMILES string of the molecule is Cc1ccc(CO)cc1-c1cnn(CC#N)c1. The Morgan fingerprint density at radius 3 is 3.00 bits per heavy atom. The summed E-state index contributed by atoms with van der Waals surface area (Å²) < 4.78 is 1.60. The van der Waals surface area contributed by atoms with E-state index in [9.17, 15) is 0 Å². The van der Waals surface area contributed by atoms with Gasteiger partial charge in [0.2, 0.25) is 0 Å². The van der Waals surface area contributed by atoms with E-state index in [1.165, 1.54) is 0 Å². The molecule has 0 aliphatic rings. The summed E-state index contributed by atoms with van der Waals surface area (Å²) in [5.41, 5.74) is 4.01. The van der Waals surface area contributed by atoms with Gasteiger partial charge in [0.15, 0.2) is 0 Å². The lowest BCUT2D eigenvalue weighted by Gasteiger charge is -2.05. The van der Waals surface area contributed by atoms with Crippen molar-refractivity contribution in [1.29, 1.82) is 5.26 Å². The molecule has 1 N–H and O–H groups in total. The third-order valence-corrected chi connectivity index (χ3v) is 2.66. The second kappa shape index (κ2) is 4.81. The number of rotatable bonds is 3. The molecular formula is C13H13N3O. The lowest BCUT2D eigenvalue weighted by atomic mass is 10.0. The van der Waals surface area contributed by atoms with Gasteiger partial charge in [-0.05, 0) is 29.7 Å². The zero-order chi connectivity index (χ0) is 12.3. The molecule has 1 aromatic carbocycles. The number of aryl methyl sites for hydroxylation is 1. The Kier molecular flexibility index (Phi) is 3.22. The van der Waals surface area contributed by atoms with Crippen LogP contribution in [0.3, 0.4) is 0 Å². The van der Waals surface area contributed by atoms with Crippen LogP contribution in [0.4, 0.5) is 0 Å². The molecule has 0 radical (unpaired) electrons. The molecule has 0 fully saturated rings. The molecule has 4 nitrogen and oxygen atoms in total. The van der Waals surface area contributed by atoms with Gasteiger partial charge in [0, 0.05) is 11.8 Å². The monoisotopic (exact) mass is 227 g/mol. The molecule has 4 heteroatoms. The van der Waals surface area contributed by atoms with Crippen LogP contribution in [0.15, 0.2) is 30.6 Å². The fourth-order valence-electron chi connectivity index (χ4n) is 1.74. The van der Waals surface area contributed by atoms with Crippen molar-refractivity contribution in [3.8, 4) is 17.2 Å². The Bertz CT molecular complexity index is 566. The average molecular weight is 227 g/mol. The third-order valence-electron chi connectivity index (χ3n) is 2.66. The summed E-state index contributed by atoms with van der Waals surface area (Å²) >= 11 is 0. The van der Waals surface area contributed by atoms with Crippen molar-refractivity contribution in [2.75, 3.05) is 0 Å². The van der Waals surface area contributed by atoms with Crippen LogP contribution < -0.4 is 0 Å². The standard InChI is InChI=1S/C13H13N3O/c1-10-2-3-11(9-17)6-13(10)12-7-15-16(8-12)5-4-14/h2-3,6-8,17H,5,9H2,1H3. The predicted molar refractivity (Wildman–Crippen MR) is 63.9 cm³/mol. The highest BCUT2D eigenvalue weighted by atomic mass is 16.3. The maximum absolute atomic E-state index is 9.13. The van der Waals surface area contributed by atoms with Crippen molar-refractivity contribution < 1.29 is 5.11 Å². The molecule has 17 heavy (non-hydrogen) atoms. The molecule has 86 valence electrons. The highest BCUT2D eigenvalue weighted by Gasteiger charge is 2.06. The second-order valence-corrected chi connectivity index (χ2v) is 3.89. The Morgan fingerprint density at radius 1 is 1.47 bits per heavy atom. The fourth-order valence-corrected chi connectivity index (χ4v) is 1.74. The number of hydrogen-bond donors (Lipinski definition) is 1. The first-order valence-electron chi connectivity index (χ1n) is 5.34. The molecule has 0 atom stereocenters. The maximum Gasteiger partial charge on any atom is 0.128 e. The lowest BCUT2D eigenvalue weighted by molar-refractivity contribution is 0.282. The average Bonchev–Trinajstić information content (AvgIpc) is 2.79. The summed E-state index contributed by atoms with van der Waals surface area (Å²) in [5.74, 6) is 0. The Labute approximate surface area is 99.7 Å². The molecule has 1 heterocycles. The second-order valence-electron chi connectivity index (χ2n) is 3.89. The first kappa shape index (κ1) is 11.4. The van der Waals surface area contributed by atoms with Gasteiger partial charge in [-0.1, -0.05) is 12.1 Å². The summed E-state index contributed by atoms with van der Waals surface area (Å²) in [6, 6.07) is 7.87. The number of aliphatic hydroxyl groups is 1. The minimum atomic E-state index is 0.0274. The highest BCUT2D eigenvalue weighted by molar-refractivity contribution is 5.66. The zero-order valence-corrected chi connectivity index (χ0v) is 9.59. The quantitative estimate of drug-likeness (QED) is 0.870. The number of benzene rings is 1. The molecule has 0 bridgehead atoms. The number of nitrogens with zero attached hydrogens (tertiary/aromatic N) is 3. The normalized spacial score (nSPS) is 10.2. The first-order valence-corrected chi connectivity index (χ1v) is 5.34. The van der Waals surface area contributed by atoms with E-state index < -0.39 is 0 Å². The number of aromatic nitrogens is 2. The van der Waals surface area contributed by atoms with E-state index in [0.717, 1.165) is 22.3 Å². The van der Waals surface area contributed by atoms with Gasteiger partial charge < -0.3 is 5.11 Å². The van der Waals surface area contributed by atoms with Crippen LogP contribution >= 0.6 is 0 Å². The third kappa shape index (κ3) is 2.35. The molecule has 0 saturated heterocycles. The van der Waals surface area contributed by atoms with Crippen LogP contribution in [0.1, 0.15) is 11.1 Å². The lowest BCUT2D eigenvalue weighted by Crippen LogP contribution is -1.94. The fraction of sp³-hybridized carbons (Fsp3) is 0.231. The van der Waals surface area contributed by atoms with E-state index in [0.29, 0.717) is 0 Å². The van der Waals surface area contributed by atoms with Gasteiger partial charge in [-0.25, -0.2) is 0 Å². The smallest absolute Gasteiger partial charge is 0.128 e. The molecule has 1 aromatic heterocycles. The maximum atomic E-state index is 9.13. The van der Waals surface area contributed by atoms with E-state index in [1.807, 2.05) is 37.4 Å². The van der Waals surface area contributed by atoms with Crippen LogP contribution in [0.5, 0.6) is 0 Å². The Morgan fingerprint density at radius 2 is 2.29 bits per heavy atom. The largest absolute Gasteiger partial charge is 0.392 e. The van der Waals surface area contributed by atoms with Crippen LogP contribution in [-0.2, 0) is 13.2 Å². The first-order chi connectivity index (χ1) is 8.24. The van der Waals surface area contributed by atoms with E-state index in [4.69, 9.17) is 10.4 Å². The van der Waals surface area contributed by atoms with Crippen molar-refractivity contribution in [1.82, 2.24) is 9.78 Å². The van der Waals surface area contributed by atoms with Crippen LogP contribution in [0.25, 0.3) is 11.1 Å². The molecule has 0 saturated carbocycles. The van der Waals surface area contributed by atoms with Gasteiger partial charge in [-0.2, -0.15) is 10.4 Å². The van der Waals surface area contributed by atoms with Gasteiger partial charge in [-0.3, -0.25) is 4.68 Å². The van der Waals surface area contributed by atoms with Gasteiger partial charge in [0.05, 0.1) is 18.9 Å². The van der Waals surface area contributed by atoms with Crippen molar-refractivity contribution in [3.63, 3.8) is 0 Å². The van der Waals surface area contributed by atoms with Gasteiger partial charge in [0.25, 0.3) is 0 Å². The van der Waals surface area contributed by atoms with Gasteiger partial charge in [0.1, 0.15) is 6.54 Å². The molecule has 0 amide bonds. The molecule has 2 aromatic rings. The highest BCUT2D eigenvalue weighted by Crippen LogP contribution is 2.24. The van der Waals surface area contributed by atoms with Crippen LogP contribution in [-0.4, -0.2) is 14.9 Å². The van der Waals surface area contributed by atoms with Crippen molar-refractivity contribution in [2.45, 2.75) is 20.1 Å². The number of hydrogen-bond acceptors (Lipinski definition) is 3. The summed E-state index contributed by atoms with van der Waals surface area (Å²) in [5, 5.41) is 21.8. The molecular weight excluding hydrogens is 214 g/mol. The van der Waals surface area contributed by atoms with Crippen LogP contribution in [0.2, 0.25) is 0 Å². The Balaban J connectivity index is 2.41. The van der Waals surface area contributed by atoms with E-state index >= 15 is 0 Å². The molecule has 2 rings (SSSR count). The van der Waals surface area contributed by atoms with Crippen molar-refractivity contribution in [3.05, 3.63) is 41.7 Å². The minimum absolute atomic E-state index is 0.0274. The Hall–Kier alpha value is -2.12. The number of nitriles is 1. The van der Waals surface area contributed by atoms with E-state index in [2.05, 4.69) is 5.10 Å². The summed E-state index contributed by atoms with van der Waals surface area (Å²) in [6.45, 7) is 2.29. The van der Waals surface area contributed by atoms with Gasteiger partial charge in [-0.15, -0.1) is 0 Å². The van der Waals surface area contributed by atoms with Crippen LogP contribution in [0, 0.1) is 18.3 Å². The van der Waals surface area contributed by atoms with Gasteiger partial charge >= 0.3 is 0 Å². The van der Waals surface area contributed by atoms with Crippen molar-refractivity contribution >= 4 is 0 Å². The van der Waals surface area contributed by atoms with E-state index in [1.54, 1.807) is 10.9 Å². The molecule has 0 aliphatic heterocycles. The predicted octanol–water partition coefficient (Wildman–Crippen LogP) is 1.87. The topological polar surface area (TPSA) is 61.8 Å². The number of aliphatic hydroxyl groups excluding tert-OH is 1. The molecule has 0 spiro atoms. The molecule has 0 unspecified atom stereocenters. The summed E-state index contributed by atoms with van der Waals surface area (Å²) in [4.78, 5) is 0. The minimum Gasteiger partial charge on any atom is -0.392 e. The van der Waals surface area contributed by atoms with Crippen molar-refractivity contribution in [2.24, 2.45) is 0 Å². The summed E-state index contributed by atoms with van der Waals surface area (Å²) in [6.07, 6.45) is 3.58.